The summed E-state index contributed by atoms with van der Waals surface area (Å²) in [4.78, 5) is 14.5. The lowest BCUT2D eigenvalue weighted by Crippen LogP contribution is -2.35. The standard InChI is InChI=1S/C20H26N2O3/c1-22(14-19-9-5-11-25-19)13-17-7-3-2-6-16(17)12-21-20(23)18-8-4-10-24-15-18/h2-3,5-7,9,11,18H,4,8,10,12-15H2,1H3,(H,21,23). The fraction of sp³-hybridized carbons (Fsp3) is 0.450. The lowest BCUT2D eigenvalue weighted by molar-refractivity contribution is -0.129. The number of benzene rings is 1. The molecule has 1 saturated heterocycles. The van der Waals surface area contributed by atoms with E-state index < -0.39 is 0 Å². The SMILES string of the molecule is CN(Cc1ccco1)Cc1ccccc1CNC(=O)C1CCCOC1. The van der Waals surface area contributed by atoms with E-state index in [1.807, 2.05) is 24.3 Å². The Hall–Kier alpha value is -2.11. The Balaban J connectivity index is 1.55. The van der Waals surface area contributed by atoms with Crippen molar-refractivity contribution in [1.29, 1.82) is 0 Å². The molecule has 1 aliphatic rings. The van der Waals surface area contributed by atoms with Gasteiger partial charge in [0.25, 0.3) is 0 Å². The van der Waals surface area contributed by atoms with E-state index in [1.165, 1.54) is 5.56 Å². The van der Waals surface area contributed by atoms with Gasteiger partial charge in [0, 0.05) is 19.7 Å². The summed E-state index contributed by atoms with van der Waals surface area (Å²) in [5.74, 6) is 1.03. The van der Waals surface area contributed by atoms with Crippen LogP contribution in [0.1, 0.15) is 29.7 Å². The predicted octanol–water partition coefficient (Wildman–Crippen LogP) is 2.95. The summed E-state index contributed by atoms with van der Waals surface area (Å²) < 4.78 is 10.8. The summed E-state index contributed by atoms with van der Waals surface area (Å²) in [6.45, 7) is 3.43. The van der Waals surface area contributed by atoms with Crippen LogP contribution in [0.5, 0.6) is 0 Å². The summed E-state index contributed by atoms with van der Waals surface area (Å²) in [5.41, 5.74) is 2.37. The van der Waals surface area contributed by atoms with E-state index in [1.54, 1.807) is 6.26 Å². The van der Waals surface area contributed by atoms with Gasteiger partial charge < -0.3 is 14.5 Å². The maximum absolute atomic E-state index is 12.3. The van der Waals surface area contributed by atoms with E-state index >= 15 is 0 Å². The number of nitrogens with zero attached hydrogens (tertiary/aromatic N) is 1. The van der Waals surface area contributed by atoms with Crippen molar-refractivity contribution in [2.24, 2.45) is 5.92 Å². The molecule has 2 heterocycles. The van der Waals surface area contributed by atoms with E-state index in [0.29, 0.717) is 13.2 Å². The quantitative estimate of drug-likeness (QED) is 0.840. The molecule has 0 spiro atoms. The van der Waals surface area contributed by atoms with Crippen LogP contribution < -0.4 is 5.32 Å². The number of furan rings is 1. The molecular weight excluding hydrogens is 316 g/mol. The first-order chi connectivity index (χ1) is 12.2. The number of hydrogen-bond donors (Lipinski definition) is 1. The fourth-order valence-corrected chi connectivity index (χ4v) is 3.17. The van der Waals surface area contributed by atoms with Gasteiger partial charge in [0.2, 0.25) is 5.91 Å². The maximum Gasteiger partial charge on any atom is 0.225 e. The minimum Gasteiger partial charge on any atom is -0.468 e. The molecule has 1 amide bonds. The van der Waals surface area contributed by atoms with Crippen LogP contribution in [0.3, 0.4) is 0 Å². The number of carbonyl (C=O) groups is 1. The van der Waals surface area contributed by atoms with Crippen molar-refractivity contribution in [2.75, 3.05) is 20.3 Å². The van der Waals surface area contributed by atoms with Crippen molar-refractivity contribution in [1.82, 2.24) is 10.2 Å². The van der Waals surface area contributed by atoms with E-state index in [2.05, 4.69) is 29.4 Å². The largest absolute Gasteiger partial charge is 0.468 e. The Morgan fingerprint density at radius 3 is 2.76 bits per heavy atom. The minimum atomic E-state index is -0.0115. The first-order valence-electron chi connectivity index (χ1n) is 8.85. The second kappa shape index (κ2) is 8.83. The molecule has 0 bridgehead atoms. The average Bonchev–Trinajstić information content (AvgIpc) is 3.14. The number of nitrogens with one attached hydrogen (secondary N) is 1. The summed E-state index contributed by atoms with van der Waals surface area (Å²) in [5, 5.41) is 3.07. The molecule has 1 aromatic carbocycles. The highest BCUT2D eigenvalue weighted by Gasteiger charge is 2.21. The predicted molar refractivity (Wildman–Crippen MR) is 95.7 cm³/mol. The number of hydrogen-bond acceptors (Lipinski definition) is 4. The molecule has 5 nitrogen and oxygen atoms in total. The van der Waals surface area contributed by atoms with Crippen molar-refractivity contribution >= 4 is 5.91 Å². The van der Waals surface area contributed by atoms with Gasteiger partial charge in [-0.15, -0.1) is 0 Å². The molecule has 1 atom stereocenters. The third kappa shape index (κ3) is 5.18. The Morgan fingerprint density at radius 2 is 2.04 bits per heavy atom. The molecule has 25 heavy (non-hydrogen) atoms. The normalized spacial score (nSPS) is 17.6. The third-order valence-electron chi connectivity index (χ3n) is 4.55. The zero-order valence-electron chi connectivity index (χ0n) is 14.7. The van der Waals surface area contributed by atoms with Crippen molar-refractivity contribution in [2.45, 2.75) is 32.5 Å². The van der Waals surface area contributed by atoms with Crippen molar-refractivity contribution in [3.63, 3.8) is 0 Å². The van der Waals surface area contributed by atoms with Crippen LogP contribution in [-0.2, 0) is 29.2 Å². The monoisotopic (exact) mass is 342 g/mol. The molecule has 0 saturated carbocycles. The molecule has 1 unspecified atom stereocenters. The Bertz CT molecular complexity index is 663. The van der Waals surface area contributed by atoms with Crippen molar-refractivity contribution in [3.05, 3.63) is 59.5 Å². The van der Waals surface area contributed by atoms with E-state index in [9.17, 15) is 4.79 Å². The minimum absolute atomic E-state index is 0.0115. The van der Waals surface area contributed by atoms with Gasteiger partial charge in [-0.2, -0.15) is 0 Å². The van der Waals surface area contributed by atoms with Gasteiger partial charge >= 0.3 is 0 Å². The van der Waals surface area contributed by atoms with Gasteiger partial charge in [-0.1, -0.05) is 24.3 Å². The number of ether oxygens (including phenoxy) is 1. The lowest BCUT2D eigenvalue weighted by Gasteiger charge is -2.22. The summed E-state index contributed by atoms with van der Waals surface area (Å²) in [6.07, 6.45) is 3.58. The van der Waals surface area contributed by atoms with Crippen LogP contribution in [0.2, 0.25) is 0 Å². The van der Waals surface area contributed by atoms with Crippen LogP contribution >= 0.6 is 0 Å². The first-order valence-corrected chi connectivity index (χ1v) is 8.85. The van der Waals surface area contributed by atoms with Gasteiger partial charge in [0.1, 0.15) is 5.76 Å². The third-order valence-corrected chi connectivity index (χ3v) is 4.55. The second-order valence-corrected chi connectivity index (χ2v) is 6.65. The zero-order valence-corrected chi connectivity index (χ0v) is 14.7. The molecule has 2 aromatic rings. The molecule has 1 aliphatic heterocycles. The van der Waals surface area contributed by atoms with Crippen molar-refractivity contribution in [3.8, 4) is 0 Å². The lowest BCUT2D eigenvalue weighted by atomic mass is 10.0. The van der Waals surface area contributed by atoms with E-state index in [0.717, 1.165) is 43.9 Å². The van der Waals surface area contributed by atoms with Gasteiger partial charge in [-0.3, -0.25) is 9.69 Å². The fourth-order valence-electron chi connectivity index (χ4n) is 3.17. The van der Waals surface area contributed by atoms with Crippen molar-refractivity contribution < 1.29 is 13.9 Å². The summed E-state index contributed by atoms with van der Waals surface area (Å²) >= 11 is 0. The maximum atomic E-state index is 12.3. The molecule has 1 aromatic heterocycles. The number of amides is 1. The van der Waals surface area contributed by atoms with Gasteiger partial charge in [-0.25, -0.2) is 0 Å². The molecular formula is C20H26N2O3. The van der Waals surface area contributed by atoms with Crippen LogP contribution in [-0.4, -0.2) is 31.1 Å². The molecule has 5 heteroatoms. The molecule has 3 rings (SSSR count). The summed E-state index contributed by atoms with van der Waals surface area (Å²) in [7, 11) is 2.07. The van der Waals surface area contributed by atoms with Crippen LogP contribution in [0.25, 0.3) is 0 Å². The molecule has 1 fully saturated rings. The summed E-state index contributed by atoms with van der Waals surface area (Å²) in [6, 6.07) is 12.1. The highest BCUT2D eigenvalue weighted by atomic mass is 16.5. The highest BCUT2D eigenvalue weighted by Crippen LogP contribution is 2.16. The number of carbonyl (C=O) groups excluding carboxylic acids is 1. The van der Waals surface area contributed by atoms with Gasteiger partial charge in [-0.05, 0) is 43.1 Å². The van der Waals surface area contributed by atoms with Gasteiger partial charge in [0.15, 0.2) is 0 Å². The average molecular weight is 342 g/mol. The topological polar surface area (TPSA) is 54.7 Å². The smallest absolute Gasteiger partial charge is 0.225 e. The molecule has 0 radical (unpaired) electrons. The molecule has 134 valence electrons. The zero-order chi connectivity index (χ0) is 17.5. The van der Waals surface area contributed by atoms with Crippen LogP contribution in [0.4, 0.5) is 0 Å². The Kier molecular flexibility index (Phi) is 6.25. The first kappa shape index (κ1) is 17.7. The van der Waals surface area contributed by atoms with Gasteiger partial charge in [0.05, 0.1) is 25.3 Å². The van der Waals surface area contributed by atoms with E-state index in [-0.39, 0.29) is 11.8 Å². The molecule has 0 aliphatic carbocycles. The second-order valence-electron chi connectivity index (χ2n) is 6.65. The Labute approximate surface area is 149 Å². The van der Waals surface area contributed by atoms with Crippen LogP contribution in [0, 0.1) is 5.92 Å². The van der Waals surface area contributed by atoms with Crippen LogP contribution in [0.15, 0.2) is 47.1 Å². The Morgan fingerprint density at radius 1 is 1.20 bits per heavy atom. The highest BCUT2D eigenvalue weighted by molar-refractivity contribution is 5.78. The molecule has 1 N–H and O–H groups in total. The number of rotatable bonds is 7. The van der Waals surface area contributed by atoms with E-state index in [4.69, 9.17) is 9.15 Å².